The maximum Gasteiger partial charge on any atom is 0.241 e. The van der Waals surface area contributed by atoms with Crippen molar-refractivity contribution in [1.82, 2.24) is 4.90 Å². The number of aryl methyl sites for hydroxylation is 1. The summed E-state index contributed by atoms with van der Waals surface area (Å²) in [4.78, 5) is 14.7. The highest BCUT2D eigenvalue weighted by molar-refractivity contribution is 7.80. The maximum absolute atomic E-state index is 12.5. The van der Waals surface area contributed by atoms with E-state index < -0.39 is 0 Å². The number of hydrogen-bond acceptors (Lipinski definition) is 4. The van der Waals surface area contributed by atoms with Crippen molar-refractivity contribution in [1.29, 1.82) is 0 Å². The van der Waals surface area contributed by atoms with Crippen LogP contribution in [0.4, 0.5) is 5.69 Å². The smallest absolute Gasteiger partial charge is 0.241 e. The van der Waals surface area contributed by atoms with E-state index in [-0.39, 0.29) is 18.0 Å². The highest BCUT2D eigenvalue weighted by Gasteiger charge is 2.31. The lowest BCUT2D eigenvalue weighted by Crippen LogP contribution is -2.46. The molecule has 1 fully saturated rings. The molecule has 1 aliphatic heterocycles. The Balaban J connectivity index is 2.03. The molecule has 5 heteroatoms. The van der Waals surface area contributed by atoms with Gasteiger partial charge in [-0.15, -0.1) is 0 Å². The van der Waals surface area contributed by atoms with Crippen molar-refractivity contribution in [2.45, 2.75) is 38.8 Å². The van der Waals surface area contributed by atoms with Gasteiger partial charge < -0.3 is 11.1 Å². The Hall–Kier alpha value is -1.04. The molecule has 0 saturated carbocycles. The number of thiol groups is 1. The molecule has 116 valence electrons. The average Bonchev–Trinajstić information content (AvgIpc) is 2.92. The highest BCUT2D eigenvalue weighted by atomic mass is 32.1. The molecule has 21 heavy (non-hydrogen) atoms. The van der Waals surface area contributed by atoms with Crippen LogP contribution in [0.5, 0.6) is 0 Å². The van der Waals surface area contributed by atoms with Crippen LogP contribution < -0.4 is 11.1 Å². The van der Waals surface area contributed by atoms with Crippen LogP contribution in [0, 0.1) is 13.8 Å². The molecular formula is C16H25N3OS. The summed E-state index contributed by atoms with van der Waals surface area (Å²) in [6, 6.07) is 5.93. The summed E-state index contributed by atoms with van der Waals surface area (Å²) in [5.74, 6) is 0.717. The fourth-order valence-electron chi connectivity index (χ4n) is 2.80. The van der Waals surface area contributed by atoms with E-state index in [4.69, 9.17) is 5.73 Å². The number of nitrogens with two attached hydrogens (primary N) is 1. The zero-order chi connectivity index (χ0) is 15.4. The molecular weight excluding hydrogens is 282 g/mol. The number of nitrogens with zero attached hydrogens (tertiary/aromatic N) is 1. The number of nitrogens with one attached hydrogen (secondary N) is 1. The van der Waals surface area contributed by atoms with Crippen molar-refractivity contribution in [2.24, 2.45) is 5.73 Å². The minimum absolute atomic E-state index is 0.0161. The second kappa shape index (κ2) is 7.29. The Morgan fingerprint density at radius 1 is 1.52 bits per heavy atom. The molecule has 0 aromatic heterocycles. The van der Waals surface area contributed by atoms with Gasteiger partial charge in [0.25, 0.3) is 0 Å². The van der Waals surface area contributed by atoms with Gasteiger partial charge in [-0.2, -0.15) is 12.6 Å². The van der Waals surface area contributed by atoms with Gasteiger partial charge in [-0.1, -0.05) is 12.1 Å². The fourth-order valence-corrected chi connectivity index (χ4v) is 2.92. The highest BCUT2D eigenvalue weighted by Crippen LogP contribution is 2.22. The number of benzene rings is 1. The molecule has 1 amide bonds. The molecule has 1 saturated heterocycles. The largest absolute Gasteiger partial charge is 0.326 e. The summed E-state index contributed by atoms with van der Waals surface area (Å²) in [5.41, 5.74) is 9.19. The van der Waals surface area contributed by atoms with E-state index >= 15 is 0 Å². The Labute approximate surface area is 132 Å². The first-order valence-electron chi connectivity index (χ1n) is 7.50. The lowest BCUT2D eigenvalue weighted by molar-refractivity contribution is -0.120. The van der Waals surface area contributed by atoms with Gasteiger partial charge in [0.05, 0.1) is 6.04 Å². The summed E-state index contributed by atoms with van der Waals surface area (Å²) in [6.07, 6.45) is 1.94. The van der Waals surface area contributed by atoms with Crippen LogP contribution in [0.2, 0.25) is 0 Å². The molecule has 0 radical (unpaired) electrons. The van der Waals surface area contributed by atoms with Crippen molar-refractivity contribution in [3.63, 3.8) is 0 Å². The molecule has 2 rings (SSSR count). The first kappa shape index (κ1) is 16.3. The molecule has 1 aromatic rings. The minimum Gasteiger partial charge on any atom is -0.326 e. The van der Waals surface area contributed by atoms with E-state index in [1.165, 1.54) is 5.56 Å². The van der Waals surface area contributed by atoms with Crippen LogP contribution in [-0.2, 0) is 4.79 Å². The van der Waals surface area contributed by atoms with Crippen molar-refractivity contribution in [3.05, 3.63) is 29.3 Å². The third-order valence-corrected chi connectivity index (χ3v) is 4.70. The number of hydrogen-bond donors (Lipinski definition) is 3. The molecule has 1 aliphatic rings. The summed E-state index contributed by atoms with van der Waals surface area (Å²) in [7, 11) is 0. The lowest BCUT2D eigenvalue weighted by atomic mass is 10.1. The SMILES string of the molecule is Cc1cccc(NC(=O)[C@@H]2CCCN2C[C@@H](N)CS)c1C. The van der Waals surface area contributed by atoms with Gasteiger partial charge >= 0.3 is 0 Å². The summed E-state index contributed by atoms with van der Waals surface area (Å²) in [6.45, 7) is 5.76. The summed E-state index contributed by atoms with van der Waals surface area (Å²) in [5, 5.41) is 3.07. The average molecular weight is 307 g/mol. The van der Waals surface area contributed by atoms with E-state index in [2.05, 4.69) is 35.8 Å². The number of likely N-dealkylation sites (tertiary alicyclic amines) is 1. The number of amides is 1. The van der Waals surface area contributed by atoms with Crippen molar-refractivity contribution in [3.8, 4) is 0 Å². The second-order valence-corrected chi connectivity index (χ2v) is 6.20. The Bertz CT molecular complexity index is 506. The molecule has 1 heterocycles. The molecule has 4 nitrogen and oxygen atoms in total. The van der Waals surface area contributed by atoms with Gasteiger partial charge in [-0.05, 0) is 50.4 Å². The number of carbonyl (C=O) groups excluding carboxylic acids is 1. The van der Waals surface area contributed by atoms with E-state index in [1.54, 1.807) is 0 Å². The number of carbonyl (C=O) groups is 1. The Kier molecular flexibility index (Phi) is 5.67. The van der Waals surface area contributed by atoms with Gasteiger partial charge in [-0.3, -0.25) is 9.69 Å². The monoisotopic (exact) mass is 307 g/mol. The van der Waals surface area contributed by atoms with E-state index in [1.807, 2.05) is 19.1 Å². The van der Waals surface area contributed by atoms with Gasteiger partial charge in [-0.25, -0.2) is 0 Å². The maximum atomic E-state index is 12.5. The Morgan fingerprint density at radius 3 is 3.00 bits per heavy atom. The molecule has 2 atom stereocenters. The van der Waals surface area contributed by atoms with Crippen LogP contribution >= 0.6 is 12.6 Å². The molecule has 0 spiro atoms. The van der Waals surface area contributed by atoms with Crippen molar-refractivity contribution >= 4 is 24.2 Å². The predicted octanol–water partition coefficient (Wildman–Crippen LogP) is 1.96. The number of anilines is 1. The molecule has 1 aromatic carbocycles. The fraction of sp³-hybridized carbons (Fsp3) is 0.562. The van der Waals surface area contributed by atoms with Gasteiger partial charge in [0, 0.05) is 24.0 Å². The zero-order valence-electron chi connectivity index (χ0n) is 12.8. The molecule has 0 bridgehead atoms. The normalized spacial score (nSPS) is 20.5. The lowest BCUT2D eigenvalue weighted by Gasteiger charge is -2.26. The van der Waals surface area contributed by atoms with Crippen LogP contribution in [0.1, 0.15) is 24.0 Å². The van der Waals surface area contributed by atoms with Crippen molar-refractivity contribution < 1.29 is 4.79 Å². The van der Waals surface area contributed by atoms with E-state index in [9.17, 15) is 4.79 Å². The van der Waals surface area contributed by atoms with Gasteiger partial charge in [0.15, 0.2) is 0 Å². The first-order chi connectivity index (χ1) is 10.0. The quantitative estimate of drug-likeness (QED) is 0.729. The topological polar surface area (TPSA) is 58.4 Å². The standard InChI is InChI=1S/C16H25N3OS/c1-11-5-3-6-14(12(11)2)18-16(20)15-7-4-8-19(15)9-13(17)10-21/h3,5-6,13,15,21H,4,7-10,17H2,1-2H3,(H,18,20)/t13-,15+/m1/s1. The minimum atomic E-state index is -0.0733. The van der Waals surface area contributed by atoms with E-state index in [0.717, 1.165) is 37.2 Å². The second-order valence-electron chi connectivity index (χ2n) is 5.83. The zero-order valence-corrected chi connectivity index (χ0v) is 13.7. The predicted molar refractivity (Wildman–Crippen MR) is 91.0 cm³/mol. The first-order valence-corrected chi connectivity index (χ1v) is 8.13. The van der Waals surface area contributed by atoms with Crippen LogP contribution in [0.15, 0.2) is 18.2 Å². The molecule has 0 unspecified atom stereocenters. The summed E-state index contributed by atoms with van der Waals surface area (Å²) < 4.78 is 0. The number of rotatable bonds is 5. The van der Waals surface area contributed by atoms with Crippen LogP contribution in [-0.4, -0.2) is 41.7 Å². The van der Waals surface area contributed by atoms with E-state index in [0.29, 0.717) is 5.75 Å². The molecule has 0 aliphatic carbocycles. The third kappa shape index (κ3) is 3.99. The van der Waals surface area contributed by atoms with Crippen LogP contribution in [0.3, 0.4) is 0 Å². The van der Waals surface area contributed by atoms with Crippen LogP contribution in [0.25, 0.3) is 0 Å². The van der Waals surface area contributed by atoms with Gasteiger partial charge in [0.1, 0.15) is 0 Å². The summed E-state index contributed by atoms with van der Waals surface area (Å²) >= 11 is 4.22. The van der Waals surface area contributed by atoms with Crippen molar-refractivity contribution in [2.75, 3.05) is 24.2 Å². The molecule has 3 N–H and O–H groups in total. The Morgan fingerprint density at radius 2 is 2.29 bits per heavy atom. The third-order valence-electron chi connectivity index (χ3n) is 4.23. The van der Waals surface area contributed by atoms with Gasteiger partial charge in [0.2, 0.25) is 5.91 Å².